The van der Waals surface area contributed by atoms with E-state index in [1.807, 2.05) is 105 Å². The number of fused-ring (bicyclic) bond motifs is 1. The van der Waals surface area contributed by atoms with Gasteiger partial charge in [-0.25, -0.2) is 19.6 Å². The van der Waals surface area contributed by atoms with Crippen LogP contribution in [-0.2, 0) is 35.1 Å². The summed E-state index contributed by atoms with van der Waals surface area (Å²) in [5.41, 5.74) is 13.1. The quantitative estimate of drug-likeness (QED) is 0.0371. The molecule has 5 N–H and O–H groups in total. The van der Waals surface area contributed by atoms with Gasteiger partial charge in [-0.3, -0.25) is 14.4 Å². The molecule has 8 rings (SSSR count). The Labute approximate surface area is 443 Å². The lowest BCUT2D eigenvalue weighted by atomic mass is 9.88. The number of ether oxygens (including phenoxy) is 4. The highest BCUT2D eigenvalue weighted by molar-refractivity contribution is 7.13. The largest absolute Gasteiger partial charge is 0.457 e. The number of rotatable bonds is 27. The van der Waals surface area contributed by atoms with Gasteiger partial charge >= 0.3 is 0 Å². The number of carbonyl (C=O) groups is 3. The third-order valence-corrected chi connectivity index (χ3v) is 14.7. The highest BCUT2D eigenvalue weighted by atomic mass is 32.1. The van der Waals surface area contributed by atoms with Gasteiger partial charge in [0.25, 0.3) is 0 Å². The number of nitrogens with one attached hydrogen (secondary N) is 2. The number of nitrogens with zero attached hydrogens (tertiary/aromatic N) is 7. The number of aliphatic hydroxyl groups is 1. The van der Waals surface area contributed by atoms with Gasteiger partial charge in [-0.05, 0) is 92.1 Å². The molecule has 0 spiro atoms. The standard InChI is InChI=1S/C56H72N10O8S/c1-39-52(75-38-62-39)42-15-13-40(14-16-42)33-58-55(70)47-31-44(67)34-65(47)49(69)32-56(2,3)36-59-48(68)35-73-30-29-72-28-27-71-26-10-5-4-9-23-64-24-21-43(22-25-64)66-54-50(53(57)60-37-61-54)51(63-66)41-17-19-46(20-18-41)74-45-11-7-6-8-12-45/h6-8,11-20,37-38,43-44,47,67H,4-5,9-10,21-36H2,1-3H3,(H,58,70)(H,59,68)(H2,57,60,61)/t44-,47+/m1/s1. The van der Waals surface area contributed by atoms with E-state index in [2.05, 4.69) is 35.2 Å². The van der Waals surface area contributed by atoms with E-state index >= 15 is 0 Å². The highest BCUT2D eigenvalue weighted by Gasteiger charge is 2.40. The first-order valence-electron chi connectivity index (χ1n) is 26.2. The molecule has 400 valence electrons. The number of hydrogen-bond donors (Lipinski definition) is 4. The number of nitrogens with two attached hydrogens (primary N) is 1. The maximum atomic E-state index is 13.5. The average molecular weight is 1050 g/mol. The number of aliphatic hydroxyl groups excluding tert-OH is 1. The predicted octanol–water partition coefficient (Wildman–Crippen LogP) is 7.36. The molecule has 0 unspecified atom stereocenters. The lowest BCUT2D eigenvalue weighted by Crippen LogP contribution is -2.47. The summed E-state index contributed by atoms with van der Waals surface area (Å²) in [5.74, 6) is 1.10. The number of anilines is 1. The number of hydrogen-bond acceptors (Lipinski definition) is 15. The molecule has 6 aromatic rings. The maximum absolute atomic E-state index is 13.5. The van der Waals surface area contributed by atoms with Crippen LogP contribution in [0.1, 0.15) is 82.5 Å². The van der Waals surface area contributed by atoms with Crippen molar-refractivity contribution in [3.8, 4) is 33.2 Å². The molecule has 2 fully saturated rings. The van der Waals surface area contributed by atoms with Crippen molar-refractivity contribution in [2.24, 2.45) is 5.41 Å². The molecule has 19 heteroatoms. The molecule has 0 bridgehead atoms. The number of aromatic nitrogens is 5. The first-order valence-corrected chi connectivity index (χ1v) is 27.1. The molecule has 3 aromatic carbocycles. The maximum Gasteiger partial charge on any atom is 0.246 e. The predicted molar refractivity (Wildman–Crippen MR) is 289 cm³/mol. The SMILES string of the molecule is Cc1ncsc1-c1ccc(CNC(=O)[C@@H]2C[C@@H](O)CN2C(=O)CC(C)(C)CNC(=O)COCCOCCOCCCCCCN2CCC(n3nc(-c4ccc(Oc5ccccc5)cc4)c4c(N)ncnc43)CC2)cc1. The van der Waals surface area contributed by atoms with Crippen LogP contribution in [0.2, 0.25) is 0 Å². The van der Waals surface area contributed by atoms with Gasteiger partial charge in [0.05, 0.1) is 60.0 Å². The second-order valence-corrected chi connectivity index (χ2v) is 21.1. The number of piperidine rings is 1. The van der Waals surface area contributed by atoms with Crippen LogP contribution >= 0.6 is 11.3 Å². The molecule has 2 saturated heterocycles. The van der Waals surface area contributed by atoms with E-state index in [4.69, 9.17) is 29.8 Å². The number of thiazole rings is 1. The molecular weight excluding hydrogens is 973 g/mol. The summed E-state index contributed by atoms with van der Waals surface area (Å²) in [4.78, 5) is 57.7. The molecule has 75 heavy (non-hydrogen) atoms. The third kappa shape index (κ3) is 15.6. The van der Waals surface area contributed by atoms with E-state index in [9.17, 15) is 19.5 Å². The first kappa shape index (κ1) is 54.9. The monoisotopic (exact) mass is 1040 g/mol. The molecule has 0 aliphatic carbocycles. The summed E-state index contributed by atoms with van der Waals surface area (Å²) in [7, 11) is 0. The number of para-hydroxylation sites is 1. The van der Waals surface area contributed by atoms with Gasteiger partial charge in [-0.2, -0.15) is 5.10 Å². The molecule has 0 radical (unpaired) electrons. The fourth-order valence-corrected chi connectivity index (χ4v) is 10.4. The van der Waals surface area contributed by atoms with Crippen LogP contribution in [0.4, 0.5) is 5.82 Å². The van der Waals surface area contributed by atoms with Crippen molar-refractivity contribution in [2.45, 2.75) is 96.9 Å². The van der Waals surface area contributed by atoms with E-state index in [0.29, 0.717) is 38.8 Å². The summed E-state index contributed by atoms with van der Waals surface area (Å²) in [6.07, 6.45) is 7.36. The molecule has 3 aromatic heterocycles. The van der Waals surface area contributed by atoms with Crippen LogP contribution in [0, 0.1) is 12.3 Å². The number of unbranched alkanes of at least 4 members (excludes halogenated alkanes) is 3. The number of carbonyl (C=O) groups excluding carboxylic acids is 3. The van der Waals surface area contributed by atoms with Gasteiger partial charge in [0.2, 0.25) is 17.7 Å². The topological polar surface area (TPSA) is 221 Å². The Kier molecular flexibility index (Phi) is 19.7. The van der Waals surface area contributed by atoms with Crippen molar-refractivity contribution in [3.63, 3.8) is 0 Å². The Bertz CT molecular complexity index is 2760. The smallest absolute Gasteiger partial charge is 0.246 e. The third-order valence-electron chi connectivity index (χ3n) is 13.7. The van der Waals surface area contributed by atoms with Crippen LogP contribution in [0.25, 0.3) is 32.7 Å². The molecule has 5 heterocycles. The highest BCUT2D eigenvalue weighted by Crippen LogP contribution is 2.36. The van der Waals surface area contributed by atoms with Crippen molar-refractivity contribution in [1.82, 2.24) is 45.2 Å². The van der Waals surface area contributed by atoms with Crippen LogP contribution in [0.5, 0.6) is 11.5 Å². The Morgan fingerprint density at radius 1 is 0.813 bits per heavy atom. The Morgan fingerprint density at radius 3 is 2.24 bits per heavy atom. The summed E-state index contributed by atoms with van der Waals surface area (Å²) < 4.78 is 25.0. The summed E-state index contributed by atoms with van der Waals surface area (Å²) in [5, 5.41) is 22.1. The normalized spacial score (nSPS) is 16.4. The van der Waals surface area contributed by atoms with Gasteiger partial charge < -0.3 is 50.2 Å². The van der Waals surface area contributed by atoms with Gasteiger partial charge in [0.1, 0.15) is 42.0 Å². The second kappa shape index (κ2) is 26.9. The molecule has 2 aliphatic heterocycles. The van der Waals surface area contributed by atoms with Crippen LogP contribution in [0.3, 0.4) is 0 Å². The van der Waals surface area contributed by atoms with E-state index in [1.54, 1.807) is 11.3 Å². The fraction of sp³-hybridized carbons (Fsp3) is 0.482. The number of amides is 3. The van der Waals surface area contributed by atoms with Crippen molar-refractivity contribution < 1.29 is 38.4 Å². The molecule has 2 aliphatic rings. The zero-order chi connectivity index (χ0) is 52.6. The van der Waals surface area contributed by atoms with E-state index in [1.165, 1.54) is 11.2 Å². The lowest BCUT2D eigenvalue weighted by molar-refractivity contribution is -0.140. The van der Waals surface area contributed by atoms with E-state index in [0.717, 1.165) is 114 Å². The molecule has 18 nitrogen and oxygen atoms in total. The average Bonchev–Trinajstić information content (AvgIpc) is 4.15. The minimum atomic E-state index is -0.790. The molecular formula is C56H72N10O8S. The van der Waals surface area contributed by atoms with Crippen LogP contribution < -0.4 is 21.1 Å². The molecule has 2 atom stereocenters. The Balaban J connectivity index is 0.626. The summed E-state index contributed by atoms with van der Waals surface area (Å²) in [6, 6.07) is 25.0. The number of β-amino-alcohol motifs (C(OH)–C–C–N with tert-alkyl or cyclic N) is 1. The van der Waals surface area contributed by atoms with Crippen molar-refractivity contribution >= 4 is 45.9 Å². The number of aryl methyl sites for hydroxylation is 1. The Morgan fingerprint density at radius 2 is 1.51 bits per heavy atom. The summed E-state index contributed by atoms with van der Waals surface area (Å²) in [6.45, 7) is 11.5. The van der Waals surface area contributed by atoms with Crippen molar-refractivity contribution in [3.05, 3.63) is 102 Å². The lowest BCUT2D eigenvalue weighted by Gasteiger charge is -2.32. The number of benzene rings is 3. The van der Waals surface area contributed by atoms with Crippen LogP contribution in [0.15, 0.2) is 90.7 Å². The zero-order valence-electron chi connectivity index (χ0n) is 43.5. The van der Waals surface area contributed by atoms with Gasteiger partial charge in [0, 0.05) is 57.7 Å². The minimum Gasteiger partial charge on any atom is -0.457 e. The van der Waals surface area contributed by atoms with Crippen LogP contribution in [-0.4, -0.2) is 142 Å². The van der Waals surface area contributed by atoms with Gasteiger partial charge in [0.15, 0.2) is 5.65 Å². The number of likely N-dealkylation sites (tertiary alicyclic amines) is 2. The van der Waals surface area contributed by atoms with Crippen molar-refractivity contribution in [2.75, 3.05) is 78.1 Å². The zero-order valence-corrected chi connectivity index (χ0v) is 44.3. The first-order chi connectivity index (χ1) is 36.4. The summed E-state index contributed by atoms with van der Waals surface area (Å²) >= 11 is 1.58. The number of nitrogen functional groups attached to an aromatic ring is 1. The van der Waals surface area contributed by atoms with Gasteiger partial charge in [-0.1, -0.05) is 69.2 Å². The Hall–Kier alpha value is -6.35. The second-order valence-electron chi connectivity index (χ2n) is 20.2. The minimum absolute atomic E-state index is 0.0848. The molecule has 0 saturated carbocycles. The van der Waals surface area contributed by atoms with Crippen molar-refractivity contribution in [1.29, 1.82) is 0 Å². The van der Waals surface area contributed by atoms with E-state index < -0.39 is 17.6 Å². The fourth-order valence-electron chi connectivity index (χ4n) is 9.60. The van der Waals surface area contributed by atoms with E-state index in [-0.39, 0.29) is 62.9 Å². The van der Waals surface area contributed by atoms with Gasteiger partial charge in [-0.15, -0.1) is 11.3 Å². The molecule has 3 amide bonds.